The first-order valence-corrected chi connectivity index (χ1v) is 9.84. The number of hydrogen-bond donors (Lipinski definition) is 4. The van der Waals surface area contributed by atoms with E-state index in [1.165, 1.54) is 11.3 Å². The molecular weight excluding hydrogens is 423 g/mol. The summed E-state index contributed by atoms with van der Waals surface area (Å²) < 4.78 is 31.7. The Bertz CT molecular complexity index is 873. The third-order valence-electron chi connectivity index (χ3n) is 4.19. The van der Waals surface area contributed by atoms with Crippen molar-refractivity contribution in [2.45, 2.75) is 31.8 Å². The van der Waals surface area contributed by atoms with E-state index in [4.69, 9.17) is 15.6 Å². The van der Waals surface area contributed by atoms with Gasteiger partial charge in [-0.3, -0.25) is 9.69 Å². The lowest BCUT2D eigenvalue weighted by Gasteiger charge is -2.15. The number of carboxylic acid groups (broad SMARTS) is 1. The lowest BCUT2D eigenvalue weighted by atomic mass is 10.2. The summed E-state index contributed by atoms with van der Waals surface area (Å²) in [7, 11) is 0. The first-order valence-electron chi connectivity index (χ1n) is 8.96. The second kappa shape index (κ2) is 10.5. The van der Waals surface area contributed by atoms with Gasteiger partial charge >= 0.3 is 12.1 Å². The highest BCUT2D eigenvalue weighted by atomic mass is 32.1. The van der Waals surface area contributed by atoms with Crippen LogP contribution in [0.25, 0.3) is 0 Å². The molecule has 0 saturated carbocycles. The van der Waals surface area contributed by atoms with E-state index >= 15 is 0 Å². The van der Waals surface area contributed by atoms with Crippen LogP contribution in [-0.2, 0) is 17.9 Å². The highest BCUT2D eigenvalue weighted by molar-refractivity contribution is 7.12. The van der Waals surface area contributed by atoms with Gasteiger partial charge in [0.1, 0.15) is 0 Å². The normalized spacial score (nSPS) is 16.6. The predicted octanol–water partition coefficient (Wildman–Crippen LogP) is 2.66. The van der Waals surface area contributed by atoms with Crippen LogP contribution in [0.5, 0.6) is 0 Å². The molecule has 5 N–H and O–H groups in total. The number of carbonyl (C=O) groups is 2. The van der Waals surface area contributed by atoms with Gasteiger partial charge < -0.3 is 21.3 Å². The summed E-state index contributed by atoms with van der Waals surface area (Å²) in [6.07, 6.45) is -4.47. The molecule has 1 unspecified atom stereocenters. The van der Waals surface area contributed by atoms with Crippen LogP contribution in [-0.4, -0.2) is 52.4 Å². The molecule has 30 heavy (non-hydrogen) atoms. The van der Waals surface area contributed by atoms with Gasteiger partial charge in [0.25, 0.3) is 5.91 Å². The number of halogens is 3. The van der Waals surface area contributed by atoms with Crippen molar-refractivity contribution < 1.29 is 33.0 Å². The van der Waals surface area contributed by atoms with E-state index in [1.54, 1.807) is 0 Å². The minimum atomic E-state index is -5.08. The maximum atomic E-state index is 12.3. The quantitative estimate of drug-likeness (QED) is 0.562. The Morgan fingerprint density at radius 2 is 1.97 bits per heavy atom. The molecule has 0 spiro atoms. The molecule has 3 rings (SSSR count). The third-order valence-corrected chi connectivity index (χ3v) is 5.17. The fraction of sp³-hybridized carbons (Fsp3) is 0.368. The molecule has 1 aliphatic heterocycles. The van der Waals surface area contributed by atoms with Crippen LogP contribution in [0.2, 0.25) is 0 Å². The van der Waals surface area contributed by atoms with Crippen LogP contribution in [0.1, 0.15) is 27.2 Å². The number of alkyl halides is 3. The number of β-amino-alcohol motifs (C(OH)–C–C–N with tert-alkyl or cyclic N) is 1. The van der Waals surface area contributed by atoms with Crippen molar-refractivity contribution in [1.82, 2.24) is 4.90 Å². The molecule has 1 amide bonds. The molecule has 0 aliphatic carbocycles. The van der Waals surface area contributed by atoms with Gasteiger partial charge in [0.15, 0.2) is 0 Å². The summed E-state index contributed by atoms with van der Waals surface area (Å²) >= 11 is 1.40. The molecule has 1 atom stereocenters. The van der Waals surface area contributed by atoms with E-state index in [1.807, 2.05) is 35.7 Å². The zero-order valence-corrected chi connectivity index (χ0v) is 16.7. The molecule has 0 bridgehead atoms. The smallest absolute Gasteiger partial charge is 0.475 e. The minimum Gasteiger partial charge on any atom is -0.475 e. The molecule has 2 aromatic rings. The zero-order valence-electron chi connectivity index (χ0n) is 15.9. The number of nitrogens with two attached hydrogens (primary N) is 1. The number of benzene rings is 1. The SMILES string of the molecule is NCc1csc(C(=O)Nc2cccc(CN3CCC(O)C3)c2)c1.O=C(O)C(F)(F)F. The number of aliphatic carboxylic acids is 1. The van der Waals surface area contributed by atoms with Gasteiger partial charge in [0, 0.05) is 31.9 Å². The molecule has 0 radical (unpaired) electrons. The number of likely N-dealkylation sites (tertiary alicyclic amines) is 1. The van der Waals surface area contributed by atoms with Gasteiger partial charge in [-0.15, -0.1) is 11.3 Å². The number of thiophene rings is 1. The minimum absolute atomic E-state index is 0.108. The average Bonchev–Trinajstić information content (AvgIpc) is 3.31. The molecule has 1 saturated heterocycles. The number of rotatable bonds is 5. The van der Waals surface area contributed by atoms with Crippen LogP contribution in [0.4, 0.5) is 18.9 Å². The number of carbonyl (C=O) groups excluding carboxylic acids is 1. The van der Waals surface area contributed by atoms with Crippen molar-refractivity contribution >= 4 is 28.9 Å². The first kappa shape index (κ1) is 23.8. The maximum absolute atomic E-state index is 12.3. The monoisotopic (exact) mass is 445 g/mol. The topological polar surface area (TPSA) is 116 Å². The van der Waals surface area contributed by atoms with Gasteiger partial charge in [-0.2, -0.15) is 13.2 Å². The molecule has 11 heteroatoms. The Morgan fingerprint density at radius 3 is 2.50 bits per heavy atom. The molecule has 1 aromatic carbocycles. The van der Waals surface area contributed by atoms with E-state index in [-0.39, 0.29) is 12.0 Å². The summed E-state index contributed by atoms with van der Waals surface area (Å²) in [5, 5.41) is 21.6. The molecule has 1 fully saturated rings. The summed E-state index contributed by atoms with van der Waals surface area (Å²) in [6.45, 7) is 2.86. The molecule has 7 nitrogen and oxygen atoms in total. The maximum Gasteiger partial charge on any atom is 0.490 e. The van der Waals surface area contributed by atoms with Crippen molar-refractivity contribution in [2.24, 2.45) is 5.73 Å². The second-order valence-corrected chi connectivity index (χ2v) is 7.57. The van der Waals surface area contributed by atoms with Crippen LogP contribution < -0.4 is 11.1 Å². The molecule has 1 aliphatic rings. The number of aliphatic hydroxyl groups excluding tert-OH is 1. The summed E-state index contributed by atoms with van der Waals surface area (Å²) in [5.41, 5.74) is 8.47. The molecule has 164 valence electrons. The van der Waals surface area contributed by atoms with Crippen molar-refractivity contribution in [2.75, 3.05) is 18.4 Å². The van der Waals surface area contributed by atoms with Crippen molar-refractivity contribution in [3.05, 3.63) is 51.7 Å². The number of amides is 1. The van der Waals surface area contributed by atoms with E-state index < -0.39 is 12.1 Å². The summed E-state index contributed by atoms with van der Waals surface area (Å²) in [4.78, 5) is 24.0. The molecular formula is C19H22F3N3O4S. The fourth-order valence-corrected chi connectivity index (χ4v) is 3.58. The Balaban J connectivity index is 0.000000396. The van der Waals surface area contributed by atoms with Crippen molar-refractivity contribution in [3.8, 4) is 0 Å². The number of carboxylic acids is 1. The Morgan fingerprint density at radius 1 is 1.27 bits per heavy atom. The van der Waals surface area contributed by atoms with Gasteiger partial charge in [-0.25, -0.2) is 4.79 Å². The van der Waals surface area contributed by atoms with Crippen LogP contribution >= 0.6 is 11.3 Å². The van der Waals surface area contributed by atoms with Crippen LogP contribution in [0.3, 0.4) is 0 Å². The third kappa shape index (κ3) is 7.41. The van der Waals surface area contributed by atoms with Gasteiger partial charge in [-0.1, -0.05) is 12.1 Å². The van der Waals surface area contributed by atoms with Gasteiger partial charge in [-0.05, 0) is 41.1 Å². The van der Waals surface area contributed by atoms with Gasteiger partial charge in [0.05, 0.1) is 11.0 Å². The Kier molecular flexibility index (Phi) is 8.35. The summed E-state index contributed by atoms with van der Waals surface area (Å²) in [6, 6.07) is 9.68. The summed E-state index contributed by atoms with van der Waals surface area (Å²) in [5.74, 6) is -2.86. The standard InChI is InChI=1S/C17H21N3O2S.C2HF3O2/c18-8-13-7-16(23-11-13)17(22)19-14-3-1-2-12(6-14)9-20-5-4-15(21)10-20;3-2(4,5)1(6)7/h1-3,6-7,11,15,21H,4-5,8-10,18H2,(H,19,22);(H,6,7). The highest BCUT2D eigenvalue weighted by Crippen LogP contribution is 2.19. The van der Waals surface area contributed by atoms with E-state index in [0.717, 1.165) is 36.3 Å². The Hall–Kier alpha value is -2.47. The first-order chi connectivity index (χ1) is 14.1. The highest BCUT2D eigenvalue weighted by Gasteiger charge is 2.38. The Labute approximate surface area is 174 Å². The largest absolute Gasteiger partial charge is 0.490 e. The predicted molar refractivity (Wildman–Crippen MR) is 106 cm³/mol. The number of nitrogens with one attached hydrogen (secondary N) is 1. The number of aliphatic hydroxyl groups is 1. The van der Waals surface area contributed by atoms with Gasteiger partial charge in [0.2, 0.25) is 0 Å². The lowest BCUT2D eigenvalue weighted by Crippen LogP contribution is -2.21. The van der Waals surface area contributed by atoms with Crippen LogP contribution in [0, 0.1) is 0 Å². The second-order valence-electron chi connectivity index (χ2n) is 6.66. The van der Waals surface area contributed by atoms with E-state index in [2.05, 4.69) is 10.2 Å². The van der Waals surface area contributed by atoms with Crippen molar-refractivity contribution in [3.63, 3.8) is 0 Å². The molecule has 2 heterocycles. The van der Waals surface area contributed by atoms with Crippen molar-refractivity contribution in [1.29, 1.82) is 0 Å². The lowest BCUT2D eigenvalue weighted by molar-refractivity contribution is -0.192. The zero-order chi connectivity index (χ0) is 22.3. The number of nitrogens with zero attached hydrogens (tertiary/aromatic N) is 1. The number of anilines is 1. The fourth-order valence-electron chi connectivity index (χ4n) is 2.76. The van der Waals surface area contributed by atoms with E-state index in [0.29, 0.717) is 18.0 Å². The van der Waals surface area contributed by atoms with E-state index in [9.17, 15) is 23.1 Å². The average molecular weight is 445 g/mol. The van der Waals surface area contributed by atoms with Crippen LogP contribution in [0.15, 0.2) is 35.7 Å². The number of hydrogen-bond acceptors (Lipinski definition) is 6. The molecule has 1 aromatic heterocycles.